The summed E-state index contributed by atoms with van der Waals surface area (Å²) in [5.74, 6) is -1.26. The Morgan fingerprint density at radius 2 is 1.72 bits per heavy atom. The number of carbonyl (C=O) groups excluding carboxylic acids is 2. The number of alkyl halides is 3. The zero-order valence-corrected chi connectivity index (χ0v) is 21.1. The number of methoxy groups -OCH3 is 1. The number of thioether (sulfide) groups is 1. The van der Waals surface area contributed by atoms with Crippen molar-refractivity contribution in [2.24, 2.45) is 0 Å². The summed E-state index contributed by atoms with van der Waals surface area (Å²) >= 11 is 1.09. The first-order valence-electron chi connectivity index (χ1n) is 11.3. The van der Waals surface area contributed by atoms with Gasteiger partial charge in [-0.25, -0.2) is 9.18 Å². The minimum absolute atomic E-state index is 0.0742. The molecule has 11 heteroatoms. The lowest BCUT2D eigenvalue weighted by Crippen LogP contribution is -2.44. The van der Waals surface area contributed by atoms with Gasteiger partial charge in [0, 0.05) is 17.5 Å². The Morgan fingerprint density at radius 1 is 1.08 bits per heavy atom. The summed E-state index contributed by atoms with van der Waals surface area (Å²) in [4.78, 5) is 26.7. The van der Waals surface area contributed by atoms with E-state index in [0.717, 1.165) is 35.0 Å². The van der Waals surface area contributed by atoms with Gasteiger partial charge in [-0.15, -0.1) is 24.9 Å². The molecule has 0 N–H and O–H groups in total. The van der Waals surface area contributed by atoms with Crippen LogP contribution in [0.15, 0.2) is 41.3 Å². The molecule has 0 aliphatic heterocycles. The third-order valence-electron chi connectivity index (χ3n) is 5.78. The number of hydrogen-bond donors (Lipinski definition) is 0. The lowest BCUT2D eigenvalue weighted by atomic mass is 9.87. The van der Waals surface area contributed by atoms with E-state index in [1.54, 1.807) is 26.8 Å². The van der Waals surface area contributed by atoms with E-state index in [-0.39, 0.29) is 11.8 Å². The fourth-order valence-electron chi connectivity index (χ4n) is 4.05. The van der Waals surface area contributed by atoms with Crippen LogP contribution in [0, 0.1) is 5.82 Å². The van der Waals surface area contributed by atoms with Crippen LogP contribution < -0.4 is 9.47 Å². The maximum atomic E-state index is 14.9. The van der Waals surface area contributed by atoms with E-state index in [4.69, 9.17) is 9.47 Å². The number of carbonyl (C=O) groups is 2. The highest BCUT2D eigenvalue weighted by Crippen LogP contribution is 2.38. The van der Waals surface area contributed by atoms with E-state index in [1.807, 2.05) is 0 Å². The number of fused-ring (bicyclic) bond motifs is 1. The molecule has 2 aromatic carbocycles. The first-order valence-corrected chi connectivity index (χ1v) is 12.1. The molecule has 2 aromatic rings. The number of likely N-dealkylation sites (N-methyl/N-ethyl adjacent to an activating group) is 1. The fraction of sp³-hybridized carbons (Fsp3) is 0.440. The van der Waals surface area contributed by atoms with E-state index < -0.39 is 34.7 Å². The number of amides is 1. The Morgan fingerprint density at radius 3 is 2.31 bits per heavy atom. The van der Waals surface area contributed by atoms with E-state index in [2.05, 4.69) is 4.74 Å². The Balaban J connectivity index is 1.69. The Bertz CT molecular complexity index is 1100. The number of esters is 1. The van der Waals surface area contributed by atoms with Crippen molar-refractivity contribution in [3.05, 3.63) is 53.3 Å². The third kappa shape index (κ3) is 6.83. The number of halogens is 4. The van der Waals surface area contributed by atoms with Crippen molar-refractivity contribution in [3.8, 4) is 11.5 Å². The van der Waals surface area contributed by atoms with E-state index in [0.29, 0.717) is 30.7 Å². The van der Waals surface area contributed by atoms with Crippen molar-refractivity contribution in [3.63, 3.8) is 0 Å². The number of hydrogen-bond acceptors (Lipinski definition) is 6. The molecule has 0 bridgehead atoms. The average Bonchev–Trinajstić information content (AvgIpc) is 2.79. The summed E-state index contributed by atoms with van der Waals surface area (Å²) in [5, 5.41) is 0. The van der Waals surface area contributed by atoms with E-state index >= 15 is 0 Å². The van der Waals surface area contributed by atoms with Gasteiger partial charge in [0.25, 0.3) is 0 Å². The third-order valence-corrected chi connectivity index (χ3v) is 6.99. The molecular weight excluding hydrogens is 502 g/mol. The van der Waals surface area contributed by atoms with Gasteiger partial charge in [0.05, 0.1) is 7.11 Å². The summed E-state index contributed by atoms with van der Waals surface area (Å²) in [7, 11) is 1.29. The molecule has 0 heterocycles. The van der Waals surface area contributed by atoms with Gasteiger partial charge in [-0.2, -0.15) is 0 Å². The predicted molar refractivity (Wildman–Crippen MR) is 126 cm³/mol. The first-order chi connectivity index (χ1) is 16.8. The Labute approximate surface area is 210 Å². The van der Waals surface area contributed by atoms with Gasteiger partial charge >= 0.3 is 18.4 Å². The first kappa shape index (κ1) is 27.6. The van der Waals surface area contributed by atoms with Crippen molar-refractivity contribution in [1.82, 2.24) is 4.90 Å². The lowest BCUT2D eigenvalue weighted by Gasteiger charge is -2.34. The number of ether oxygens (including phenoxy) is 3. The van der Waals surface area contributed by atoms with Gasteiger partial charge in [-0.1, -0.05) is 0 Å². The van der Waals surface area contributed by atoms with Crippen LogP contribution in [0.5, 0.6) is 11.5 Å². The molecule has 0 saturated carbocycles. The molecule has 36 heavy (non-hydrogen) atoms. The van der Waals surface area contributed by atoms with Crippen LogP contribution in [0.25, 0.3) is 0 Å². The second-order valence-electron chi connectivity index (χ2n) is 8.73. The number of benzene rings is 2. The second-order valence-corrected chi connectivity index (χ2v) is 10.4. The molecule has 1 aliphatic carbocycles. The topological polar surface area (TPSA) is 65.1 Å². The molecule has 0 saturated heterocycles. The largest absolute Gasteiger partial charge is 0.573 e. The van der Waals surface area contributed by atoms with Gasteiger partial charge in [0.2, 0.25) is 0 Å². The summed E-state index contributed by atoms with van der Waals surface area (Å²) < 4.78 is 64.9. The molecule has 3 rings (SSSR count). The minimum atomic E-state index is -4.81. The van der Waals surface area contributed by atoms with Crippen LogP contribution in [0.3, 0.4) is 0 Å². The van der Waals surface area contributed by atoms with Crippen molar-refractivity contribution >= 4 is 23.8 Å². The Kier molecular flexibility index (Phi) is 8.43. The minimum Gasteiger partial charge on any atom is -0.468 e. The zero-order valence-electron chi connectivity index (χ0n) is 20.3. The van der Waals surface area contributed by atoms with Gasteiger partial charge in [-0.3, -0.25) is 4.79 Å². The van der Waals surface area contributed by atoms with Gasteiger partial charge < -0.3 is 19.1 Å². The Hall–Kier alpha value is -2.95. The molecule has 0 spiro atoms. The van der Waals surface area contributed by atoms with Gasteiger partial charge in [-0.05, 0) is 87.6 Å². The van der Waals surface area contributed by atoms with Crippen LogP contribution in [0.1, 0.15) is 38.3 Å². The number of rotatable bonds is 7. The molecule has 1 amide bonds. The van der Waals surface area contributed by atoms with Crippen molar-refractivity contribution in [2.45, 2.75) is 62.1 Å². The standard InChI is InChI=1S/C25H27F4NO5S/c1-5-30(23(32)34-18-8-10-19(11-9-18)35-25(27,28)29)17-7-6-15-14-21(20(26)13-16(15)12-17)36-24(2,3)22(31)33-4/h8-11,13-14,17H,5-7,12H2,1-4H3. The summed E-state index contributed by atoms with van der Waals surface area (Å²) in [5.41, 5.74) is 1.71. The maximum absolute atomic E-state index is 14.9. The molecule has 0 aromatic heterocycles. The molecule has 1 aliphatic rings. The normalized spacial score (nSPS) is 15.6. The highest BCUT2D eigenvalue weighted by molar-refractivity contribution is 8.01. The molecule has 6 nitrogen and oxygen atoms in total. The highest BCUT2D eigenvalue weighted by atomic mass is 32.2. The highest BCUT2D eigenvalue weighted by Gasteiger charge is 2.34. The van der Waals surface area contributed by atoms with Gasteiger partial charge in [0.15, 0.2) is 0 Å². The van der Waals surface area contributed by atoms with Crippen LogP contribution in [0.4, 0.5) is 22.4 Å². The number of aryl methyl sites for hydroxylation is 1. The van der Waals surface area contributed by atoms with Crippen LogP contribution in [-0.4, -0.2) is 47.8 Å². The molecule has 0 fully saturated rings. The monoisotopic (exact) mass is 529 g/mol. The van der Waals surface area contributed by atoms with E-state index in [1.165, 1.54) is 30.2 Å². The zero-order chi connectivity index (χ0) is 26.7. The second kappa shape index (κ2) is 11.0. The van der Waals surface area contributed by atoms with Crippen molar-refractivity contribution < 1.29 is 41.4 Å². The number of nitrogens with zero attached hydrogens (tertiary/aromatic N) is 1. The smallest absolute Gasteiger partial charge is 0.468 e. The van der Waals surface area contributed by atoms with Crippen LogP contribution in [-0.2, 0) is 22.4 Å². The molecule has 1 unspecified atom stereocenters. The summed E-state index contributed by atoms with van der Waals surface area (Å²) in [6.45, 7) is 5.45. The molecule has 196 valence electrons. The van der Waals surface area contributed by atoms with Crippen molar-refractivity contribution in [1.29, 1.82) is 0 Å². The van der Waals surface area contributed by atoms with E-state index in [9.17, 15) is 27.2 Å². The maximum Gasteiger partial charge on any atom is 0.573 e. The SMILES string of the molecule is CCN(C(=O)Oc1ccc(OC(F)(F)F)cc1)C1CCc2cc(SC(C)(C)C(=O)OC)c(F)cc2C1. The quantitative estimate of drug-likeness (QED) is 0.244. The predicted octanol–water partition coefficient (Wildman–Crippen LogP) is 6.15. The molecule has 0 radical (unpaired) electrons. The average molecular weight is 530 g/mol. The van der Waals surface area contributed by atoms with Crippen molar-refractivity contribution in [2.75, 3.05) is 13.7 Å². The van der Waals surface area contributed by atoms with Crippen LogP contribution in [0.2, 0.25) is 0 Å². The lowest BCUT2D eigenvalue weighted by molar-refractivity contribution is -0.274. The molecule has 1 atom stereocenters. The fourth-order valence-corrected chi connectivity index (χ4v) is 5.12. The molecular formula is C25H27F4NO5S. The summed E-state index contributed by atoms with van der Waals surface area (Å²) in [6.07, 6.45) is -3.84. The van der Waals surface area contributed by atoms with Crippen LogP contribution >= 0.6 is 11.8 Å². The summed E-state index contributed by atoms with van der Waals surface area (Å²) in [6, 6.07) is 7.49. The van der Waals surface area contributed by atoms with Gasteiger partial charge in [0.1, 0.15) is 22.1 Å².